The number of anilines is 1. The van der Waals surface area contributed by atoms with Gasteiger partial charge >= 0.3 is 0 Å². The standard InChI is InChI=1S/C25H24BrN3O4S/c1-17-15-19(9-10-21(17)26)34(32,33)28-13-11-27(12-14-28)23-16-24(30)29(25(23)31)22-8-4-6-18-5-2-3-7-20(18)22/h2-10,15,23H,11-14,16H2,1H3. The lowest BCUT2D eigenvalue weighted by atomic mass is 10.1. The molecule has 1 unspecified atom stereocenters. The minimum Gasteiger partial charge on any atom is -0.289 e. The van der Waals surface area contributed by atoms with Crippen LogP contribution < -0.4 is 4.90 Å². The van der Waals surface area contributed by atoms with Gasteiger partial charge in [0.2, 0.25) is 15.9 Å². The van der Waals surface area contributed by atoms with E-state index in [1.54, 1.807) is 24.3 Å². The molecule has 0 aromatic heterocycles. The number of hydrogen-bond acceptors (Lipinski definition) is 5. The number of fused-ring (bicyclic) bond motifs is 1. The largest absolute Gasteiger partial charge is 0.289 e. The van der Waals surface area contributed by atoms with Crippen molar-refractivity contribution in [1.29, 1.82) is 0 Å². The Morgan fingerprint density at radius 2 is 1.62 bits per heavy atom. The third-order valence-electron chi connectivity index (χ3n) is 6.61. The summed E-state index contributed by atoms with van der Waals surface area (Å²) in [6, 6.07) is 17.7. The van der Waals surface area contributed by atoms with E-state index in [0.29, 0.717) is 18.8 Å². The maximum Gasteiger partial charge on any atom is 0.251 e. The quantitative estimate of drug-likeness (QED) is 0.472. The van der Waals surface area contributed by atoms with Crippen LogP contribution in [-0.4, -0.2) is 61.7 Å². The molecule has 7 nitrogen and oxygen atoms in total. The van der Waals surface area contributed by atoms with Crippen LogP contribution in [0.3, 0.4) is 0 Å². The normalized spacial score (nSPS) is 20.4. The van der Waals surface area contributed by atoms with Crippen LogP contribution in [0.25, 0.3) is 10.8 Å². The first-order valence-electron chi connectivity index (χ1n) is 11.1. The molecule has 2 saturated heterocycles. The molecule has 0 spiro atoms. The fraction of sp³-hybridized carbons (Fsp3) is 0.280. The summed E-state index contributed by atoms with van der Waals surface area (Å²) in [4.78, 5) is 29.8. The maximum atomic E-state index is 13.4. The zero-order chi connectivity index (χ0) is 24.0. The Labute approximate surface area is 207 Å². The Kier molecular flexibility index (Phi) is 6.05. The molecule has 0 aliphatic carbocycles. The molecule has 2 aliphatic heterocycles. The van der Waals surface area contributed by atoms with Gasteiger partial charge in [0.05, 0.1) is 23.0 Å². The van der Waals surface area contributed by atoms with E-state index in [1.165, 1.54) is 9.21 Å². The van der Waals surface area contributed by atoms with Crippen LogP contribution in [-0.2, 0) is 19.6 Å². The topological polar surface area (TPSA) is 78.0 Å². The van der Waals surface area contributed by atoms with Gasteiger partial charge in [-0.25, -0.2) is 13.3 Å². The molecule has 2 fully saturated rings. The molecule has 176 valence electrons. The van der Waals surface area contributed by atoms with E-state index in [4.69, 9.17) is 0 Å². The summed E-state index contributed by atoms with van der Waals surface area (Å²) in [6.45, 7) is 3.17. The number of carbonyl (C=O) groups excluding carboxylic acids is 2. The number of sulfonamides is 1. The highest BCUT2D eigenvalue weighted by atomic mass is 79.9. The molecule has 5 rings (SSSR count). The molecule has 9 heteroatoms. The van der Waals surface area contributed by atoms with E-state index in [2.05, 4.69) is 15.9 Å². The van der Waals surface area contributed by atoms with Gasteiger partial charge < -0.3 is 0 Å². The van der Waals surface area contributed by atoms with Gasteiger partial charge in [-0.2, -0.15) is 4.31 Å². The van der Waals surface area contributed by atoms with E-state index in [-0.39, 0.29) is 36.2 Å². The van der Waals surface area contributed by atoms with Gasteiger partial charge in [0.15, 0.2) is 0 Å². The first-order chi connectivity index (χ1) is 16.3. The summed E-state index contributed by atoms with van der Waals surface area (Å²) in [5.74, 6) is -0.479. The minimum absolute atomic E-state index is 0.0979. The van der Waals surface area contributed by atoms with Crippen LogP contribution in [0.1, 0.15) is 12.0 Å². The number of aryl methyl sites for hydroxylation is 1. The third-order valence-corrected chi connectivity index (χ3v) is 9.40. The van der Waals surface area contributed by atoms with E-state index in [0.717, 1.165) is 20.8 Å². The molecular weight excluding hydrogens is 518 g/mol. The Morgan fingerprint density at radius 3 is 2.35 bits per heavy atom. The van der Waals surface area contributed by atoms with Crippen LogP contribution in [0.5, 0.6) is 0 Å². The molecule has 3 aromatic carbocycles. The number of rotatable bonds is 4. The summed E-state index contributed by atoms with van der Waals surface area (Å²) in [5, 5.41) is 1.82. The van der Waals surface area contributed by atoms with Gasteiger partial charge in [-0.15, -0.1) is 0 Å². The molecule has 2 amide bonds. The zero-order valence-corrected chi connectivity index (χ0v) is 21.0. The second kappa shape index (κ2) is 8.88. The molecule has 0 bridgehead atoms. The van der Waals surface area contributed by atoms with Crippen molar-refractivity contribution in [2.24, 2.45) is 0 Å². The fourth-order valence-corrected chi connectivity index (χ4v) is 6.49. The molecule has 0 radical (unpaired) electrons. The summed E-state index contributed by atoms with van der Waals surface area (Å²) >= 11 is 3.40. The number of benzene rings is 3. The second-order valence-electron chi connectivity index (χ2n) is 8.64. The average molecular weight is 542 g/mol. The molecule has 1 atom stereocenters. The first-order valence-corrected chi connectivity index (χ1v) is 13.4. The lowest BCUT2D eigenvalue weighted by Gasteiger charge is -2.36. The van der Waals surface area contributed by atoms with Crippen LogP contribution in [0.4, 0.5) is 5.69 Å². The van der Waals surface area contributed by atoms with Crippen LogP contribution in [0.15, 0.2) is 70.0 Å². The predicted molar refractivity (Wildman–Crippen MR) is 134 cm³/mol. The Hall–Kier alpha value is -2.59. The number of nitrogens with zero attached hydrogens (tertiary/aromatic N) is 3. The van der Waals surface area contributed by atoms with E-state index in [9.17, 15) is 18.0 Å². The number of hydrogen-bond donors (Lipinski definition) is 0. The van der Waals surface area contributed by atoms with E-state index < -0.39 is 16.1 Å². The van der Waals surface area contributed by atoms with Crippen molar-refractivity contribution in [2.45, 2.75) is 24.3 Å². The summed E-state index contributed by atoms with van der Waals surface area (Å²) in [5.41, 5.74) is 1.45. The lowest BCUT2D eigenvalue weighted by molar-refractivity contribution is -0.123. The Morgan fingerprint density at radius 1 is 0.912 bits per heavy atom. The van der Waals surface area contributed by atoms with Gasteiger partial charge in [0.1, 0.15) is 0 Å². The molecule has 3 aromatic rings. The smallest absolute Gasteiger partial charge is 0.251 e. The SMILES string of the molecule is Cc1cc(S(=O)(=O)N2CCN(C3CC(=O)N(c4cccc5ccccc45)C3=O)CC2)ccc1Br. The van der Waals surface area contributed by atoms with Crippen molar-refractivity contribution < 1.29 is 18.0 Å². The molecular formula is C25H24BrN3O4S. The summed E-state index contributed by atoms with van der Waals surface area (Å²) in [6.07, 6.45) is 0.0979. The Bertz CT molecular complexity index is 1400. The van der Waals surface area contributed by atoms with Crippen molar-refractivity contribution in [2.75, 3.05) is 31.1 Å². The van der Waals surface area contributed by atoms with Crippen molar-refractivity contribution in [3.05, 3.63) is 70.7 Å². The van der Waals surface area contributed by atoms with Crippen molar-refractivity contribution >= 4 is 54.2 Å². The fourth-order valence-electron chi connectivity index (χ4n) is 4.74. The summed E-state index contributed by atoms with van der Waals surface area (Å²) in [7, 11) is -3.63. The molecule has 2 heterocycles. The highest BCUT2D eigenvalue weighted by Crippen LogP contribution is 2.32. The van der Waals surface area contributed by atoms with Gasteiger partial charge in [-0.3, -0.25) is 14.5 Å². The third kappa shape index (κ3) is 3.96. The predicted octanol–water partition coefficient (Wildman–Crippen LogP) is 3.55. The van der Waals surface area contributed by atoms with Crippen molar-refractivity contribution in [3.8, 4) is 0 Å². The number of piperazine rings is 1. The minimum atomic E-state index is -3.63. The van der Waals surface area contributed by atoms with Crippen LogP contribution in [0.2, 0.25) is 0 Å². The molecule has 2 aliphatic rings. The van der Waals surface area contributed by atoms with Gasteiger partial charge in [-0.05, 0) is 42.1 Å². The number of halogens is 1. The molecule has 0 saturated carbocycles. The second-order valence-corrected chi connectivity index (χ2v) is 11.4. The Balaban J connectivity index is 1.32. The average Bonchev–Trinajstić information content (AvgIpc) is 3.14. The maximum absolute atomic E-state index is 13.4. The van der Waals surface area contributed by atoms with E-state index in [1.807, 2.05) is 48.2 Å². The first kappa shape index (κ1) is 23.2. The van der Waals surface area contributed by atoms with Crippen molar-refractivity contribution in [3.63, 3.8) is 0 Å². The number of imide groups is 1. The van der Waals surface area contributed by atoms with Gasteiger partial charge in [0.25, 0.3) is 5.91 Å². The van der Waals surface area contributed by atoms with E-state index >= 15 is 0 Å². The van der Waals surface area contributed by atoms with Crippen LogP contribution in [0, 0.1) is 6.92 Å². The van der Waals surface area contributed by atoms with Gasteiger partial charge in [-0.1, -0.05) is 52.3 Å². The number of amides is 2. The molecule has 0 N–H and O–H groups in total. The van der Waals surface area contributed by atoms with Crippen molar-refractivity contribution in [1.82, 2.24) is 9.21 Å². The monoisotopic (exact) mass is 541 g/mol. The highest BCUT2D eigenvalue weighted by Gasteiger charge is 2.44. The zero-order valence-electron chi connectivity index (χ0n) is 18.6. The lowest BCUT2D eigenvalue weighted by Crippen LogP contribution is -2.53. The van der Waals surface area contributed by atoms with Gasteiger partial charge in [0, 0.05) is 36.0 Å². The highest BCUT2D eigenvalue weighted by molar-refractivity contribution is 9.10. The summed E-state index contributed by atoms with van der Waals surface area (Å²) < 4.78 is 28.6. The van der Waals surface area contributed by atoms with Crippen LogP contribution >= 0.6 is 15.9 Å². The number of carbonyl (C=O) groups is 2. The molecule has 34 heavy (non-hydrogen) atoms.